The summed E-state index contributed by atoms with van der Waals surface area (Å²) in [6, 6.07) is 13.9. The third-order valence-corrected chi connectivity index (χ3v) is 7.45. The Bertz CT molecular complexity index is 1580. The number of thiazole rings is 1. The number of halogens is 1. The monoisotopic (exact) mass is 520 g/mol. The van der Waals surface area contributed by atoms with Crippen LogP contribution in [0.2, 0.25) is 5.02 Å². The number of hydrogen-bond acceptors (Lipinski definition) is 7. The topological polar surface area (TPSA) is 100.0 Å². The zero-order chi connectivity index (χ0) is 25.7. The predicted octanol–water partition coefficient (Wildman–Crippen LogP) is 5.91. The predicted molar refractivity (Wildman–Crippen MR) is 140 cm³/mol. The van der Waals surface area contributed by atoms with Crippen molar-refractivity contribution in [3.63, 3.8) is 0 Å². The number of rotatable bonds is 4. The molecule has 0 radical (unpaired) electrons. The quantitative estimate of drug-likeness (QED) is 0.197. The number of carbonyl (C=O) groups excluding carboxylic acids is 2. The van der Waals surface area contributed by atoms with E-state index in [4.69, 9.17) is 16.3 Å². The van der Waals surface area contributed by atoms with Gasteiger partial charge in [-0.25, -0.2) is 4.98 Å². The number of amides is 1. The smallest absolute Gasteiger partial charge is 0.301 e. The van der Waals surface area contributed by atoms with Crippen molar-refractivity contribution in [2.75, 3.05) is 12.0 Å². The highest BCUT2D eigenvalue weighted by molar-refractivity contribution is 7.22. The van der Waals surface area contributed by atoms with Gasteiger partial charge in [-0.3, -0.25) is 14.5 Å². The van der Waals surface area contributed by atoms with Crippen molar-refractivity contribution in [2.24, 2.45) is 0 Å². The Morgan fingerprint density at radius 2 is 1.78 bits per heavy atom. The van der Waals surface area contributed by atoms with Crippen LogP contribution < -0.4 is 9.64 Å². The number of aromatic hydroxyl groups is 1. The van der Waals surface area contributed by atoms with E-state index in [1.54, 1.807) is 56.5 Å². The summed E-state index contributed by atoms with van der Waals surface area (Å²) >= 11 is 7.35. The number of carbonyl (C=O) groups is 2. The summed E-state index contributed by atoms with van der Waals surface area (Å²) in [5, 5.41) is 22.1. The maximum Gasteiger partial charge on any atom is 0.301 e. The summed E-state index contributed by atoms with van der Waals surface area (Å²) < 4.78 is 6.13. The van der Waals surface area contributed by atoms with Gasteiger partial charge in [0.2, 0.25) is 0 Å². The number of benzene rings is 3. The van der Waals surface area contributed by atoms with Gasteiger partial charge in [0.05, 0.1) is 28.9 Å². The number of phenolic OH excluding ortho intramolecular Hbond substituents is 1. The number of Topliss-reactive ketones (excluding diaryl/α,β-unsaturated/α-hetero) is 1. The van der Waals surface area contributed by atoms with E-state index >= 15 is 0 Å². The van der Waals surface area contributed by atoms with E-state index in [1.807, 2.05) is 6.92 Å². The van der Waals surface area contributed by atoms with E-state index in [9.17, 15) is 19.8 Å². The lowest BCUT2D eigenvalue weighted by molar-refractivity contribution is -0.132. The molecule has 1 aromatic heterocycles. The Kier molecular flexibility index (Phi) is 5.94. The van der Waals surface area contributed by atoms with E-state index in [-0.39, 0.29) is 17.1 Å². The highest BCUT2D eigenvalue weighted by Gasteiger charge is 2.48. The van der Waals surface area contributed by atoms with Crippen molar-refractivity contribution in [3.05, 3.63) is 87.4 Å². The molecule has 0 aliphatic carbocycles. The van der Waals surface area contributed by atoms with E-state index in [2.05, 4.69) is 4.98 Å². The average molecular weight is 521 g/mol. The summed E-state index contributed by atoms with van der Waals surface area (Å²) in [4.78, 5) is 32.7. The minimum absolute atomic E-state index is 0.0342. The number of ether oxygens (including phenoxy) is 1. The first-order valence-corrected chi connectivity index (χ1v) is 12.2. The van der Waals surface area contributed by atoms with Crippen molar-refractivity contribution in [1.29, 1.82) is 0 Å². The molecule has 1 unspecified atom stereocenters. The number of aromatic nitrogens is 1. The van der Waals surface area contributed by atoms with Gasteiger partial charge in [-0.2, -0.15) is 0 Å². The maximum atomic E-state index is 13.4. The molecule has 182 valence electrons. The van der Waals surface area contributed by atoms with Gasteiger partial charge in [0.1, 0.15) is 17.3 Å². The van der Waals surface area contributed by atoms with E-state index < -0.39 is 17.7 Å². The third kappa shape index (κ3) is 3.88. The van der Waals surface area contributed by atoms with E-state index in [1.165, 1.54) is 28.4 Å². The van der Waals surface area contributed by atoms with E-state index in [0.29, 0.717) is 38.1 Å². The largest absolute Gasteiger partial charge is 0.508 e. The Morgan fingerprint density at radius 3 is 2.47 bits per heavy atom. The Morgan fingerprint density at radius 1 is 1.06 bits per heavy atom. The number of methoxy groups -OCH3 is 1. The van der Waals surface area contributed by atoms with Crippen molar-refractivity contribution in [2.45, 2.75) is 19.9 Å². The summed E-state index contributed by atoms with van der Waals surface area (Å²) in [6.07, 6.45) is 0. The first-order valence-electron chi connectivity index (χ1n) is 11.0. The molecule has 9 heteroatoms. The van der Waals surface area contributed by atoms with Gasteiger partial charge < -0.3 is 14.9 Å². The lowest BCUT2D eigenvalue weighted by atomic mass is 9.93. The average Bonchev–Trinajstić information content (AvgIpc) is 3.38. The Hall–Kier alpha value is -3.88. The summed E-state index contributed by atoms with van der Waals surface area (Å²) in [5.41, 5.74) is 2.98. The van der Waals surface area contributed by atoms with Crippen LogP contribution in [0, 0.1) is 13.8 Å². The minimum Gasteiger partial charge on any atom is -0.508 e. The number of fused-ring (bicyclic) bond motifs is 1. The highest BCUT2D eigenvalue weighted by Crippen LogP contribution is 2.45. The van der Waals surface area contributed by atoms with Crippen molar-refractivity contribution in [1.82, 2.24) is 4.98 Å². The molecular formula is C27H21ClN2O5S. The van der Waals surface area contributed by atoms with Crippen LogP contribution in [0.15, 0.2) is 60.2 Å². The fourth-order valence-electron chi connectivity index (χ4n) is 4.40. The molecule has 7 nitrogen and oxygen atoms in total. The molecule has 5 rings (SSSR count). The van der Waals surface area contributed by atoms with Gasteiger partial charge in [0.25, 0.3) is 5.78 Å². The normalized spacial score (nSPS) is 17.2. The maximum absolute atomic E-state index is 13.4. The first-order chi connectivity index (χ1) is 17.2. The molecule has 4 aromatic rings. The molecular weight excluding hydrogens is 500 g/mol. The molecule has 0 saturated carbocycles. The molecule has 1 aliphatic rings. The van der Waals surface area contributed by atoms with Crippen molar-refractivity contribution >= 4 is 55.7 Å². The Balaban J connectivity index is 1.74. The van der Waals surface area contributed by atoms with Gasteiger partial charge in [-0.1, -0.05) is 35.1 Å². The highest BCUT2D eigenvalue weighted by atomic mass is 35.5. The van der Waals surface area contributed by atoms with Crippen LogP contribution in [0.4, 0.5) is 5.13 Å². The van der Waals surface area contributed by atoms with Crippen molar-refractivity contribution < 1.29 is 24.5 Å². The number of aliphatic hydroxyl groups excluding tert-OH is 1. The summed E-state index contributed by atoms with van der Waals surface area (Å²) in [5.74, 6) is -1.24. The van der Waals surface area contributed by atoms with Gasteiger partial charge in [-0.15, -0.1) is 0 Å². The summed E-state index contributed by atoms with van der Waals surface area (Å²) in [6.45, 7) is 3.62. The molecule has 2 heterocycles. The minimum atomic E-state index is -0.955. The second kappa shape index (κ2) is 8.96. The van der Waals surface area contributed by atoms with Crippen LogP contribution in [0.25, 0.3) is 16.0 Å². The van der Waals surface area contributed by atoms with Crippen LogP contribution in [0.3, 0.4) is 0 Å². The summed E-state index contributed by atoms with van der Waals surface area (Å²) in [7, 11) is 1.56. The molecule has 1 atom stereocenters. The number of nitrogens with zero attached hydrogens (tertiary/aromatic N) is 2. The fourth-order valence-corrected chi connectivity index (χ4v) is 5.67. The van der Waals surface area contributed by atoms with E-state index in [0.717, 1.165) is 10.3 Å². The second-order valence-corrected chi connectivity index (χ2v) is 9.95. The molecule has 0 bridgehead atoms. The van der Waals surface area contributed by atoms with Crippen LogP contribution in [0.5, 0.6) is 11.5 Å². The zero-order valence-electron chi connectivity index (χ0n) is 19.6. The van der Waals surface area contributed by atoms with Gasteiger partial charge in [0.15, 0.2) is 5.13 Å². The molecule has 1 aliphatic heterocycles. The third-order valence-electron chi connectivity index (χ3n) is 6.20. The van der Waals surface area contributed by atoms with Gasteiger partial charge in [0, 0.05) is 10.6 Å². The second-order valence-electron chi connectivity index (χ2n) is 8.51. The number of ketones is 1. The number of phenols is 1. The Labute approximate surface area is 215 Å². The number of hydrogen-bond donors (Lipinski definition) is 2. The molecule has 1 fully saturated rings. The molecule has 1 saturated heterocycles. The van der Waals surface area contributed by atoms with Crippen molar-refractivity contribution in [3.8, 4) is 11.5 Å². The van der Waals surface area contributed by atoms with Crippen LogP contribution in [0.1, 0.15) is 28.3 Å². The number of anilines is 1. The molecule has 1 amide bonds. The van der Waals surface area contributed by atoms with Crippen LogP contribution in [-0.4, -0.2) is 34.0 Å². The lowest BCUT2D eigenvalue weighted by Crippen LogP contribution is -2.29. The zero-order valence-corrected chi connectivity index (χ0v) is 21.1. The first kappa shape index (κ1) is 23.8. The molecule has 3 aromatic carbocycles. The lowest BCUT2D eigenvalue weighted by Gasteiger charge is -2.23. The van der Waals surface area contributed by atoms with Crippen LogP contribution in [-0.2, 0) is 9.59 Å². The SMILES string of the molecule is COc1cc(C)c(/C(O)=C2\C(=O)C(=O)N(c3nc4ccc(Cl)cc4s3)C2c2ccc(O)cc2)cc1C. The molecule has 0 spiro atoms. The van der Waals surface area contributed by atoms with Gasteiger partial charge in [-0.05, 0) is 73.0 Å². The number of aryl methyl sites for hydroxylation is 2. The molecule has 36 heavy (non-hydrogen) atoms. The number of aliphatic hydroxyl groups is 1. The fraction of sp³-hybridized carbons (Fsp3) is 0.148. The molecule has 2 N–H and O–H groups in total. The van der Waals surface area contributed by atoms with Gasteiger partial charge >= 0.3 is 5.91 Å². The van der Waals surface area contributed by atoms with Crippen LogP contribution >= 0.6 is 22.9 Å². The standard InChI is InChI=1S/C27H21ClN2O5S/c1-13-11-20(35-3)14(2)10-18(13)24(32)22-23(15-4-7-17(31)8-5-15)30(26(34)25(22)33)27-29-19-9-6-16(28)12-21(19)36-27/h4-12,23,31-32H,1-3H3/b24-22+.